The molecule has 0 spiro atoms. The number of hydrogen-bond donors (Lipinski definition) is 2. The third-order valence-electron chi connectivity index (χ3n) is 9.00. The molecule has 0 radical (unpaired) electrons. The zero-order valence-corrected chi connectivity index (χ0v) is 32.7. The number of anilines is 1. The highest BCUT2D eigenvalue weighted by Gasteiger charge is 2.30. The van der Waals surface area contributed by atoms with Crippen LogP contribution in [-0.2, 0) is 12.8 Å². The Kier molecular flexibility index (Phi) is 22.1. The molecule has 0 bridgehead atoms. The zero-order valence-electron chi connectivity index (χ0n) is 31.9. The van der Waals surface area contributed by atoms with E-state index in [4.69, 9.17) is 15.2 Å². The van der Waals surface area contributed by atoms with Crippen LogP contribution in [0.3, 0.4) is 0 Å². The molecule has 0 saturated heterocycles. The lowest BCUT2D eigenvalue weighted by molar-refractivity contribution is -0.146. The van der Waals surface area contributed by atoms with E-state index in [1.54, 1.807) is 20.3 Å². The van der Waals surface area contributed by atoms with Crippen molar-refractivity contribution in [3.63, 3.8) is 0 Å². The Hall–Kier alpha value is -3.31. The lowest BCUT2D eigenvalue weighted by Gasteiger charge is -2.24. The van der Waals surface area contributed by atoms with Crippen molar-refractivity contribution >= 4 is 22.4 Å². The van der Waals surface area contributed by atoms with Gasteiger partial charge in [0.15, 0.2) is 22.3 Å². The maximum atomic E-state index is 12.9. The van der Waals surface area contributed by atoms with Crippen LogP contribution in [0.5, 0.6) is 11.5 Å². The van der Waals surface area contributed by atoms with Crippen LogP contribution in [0.2, 0.25) is 0 Å². The minimum atomic E-state index is -4.17. The first-order valence-electron chi connectivity index (χ1n) is 19.1. The van der Waals surface area contributed by atoms with Gasteiger partial charge in [-0.05, 0) is 61.1 Å². The Morgan fingerprint density at radius 2 is 1.35 bits per heavy atom. The third kappa shape index (κ3) is 18.4. The summed E-state index contributed by atoms with van der Waals surface area (Å²) in [6.45, 7) is 4.45. The molecule has 11 heteroatoms. The first kappa shape index (κ1) is 44.8. The molecule has 3 N–H and O–H groups in total. The lowest BCUT2D eigenvalue weighted by Crippen LogP contribution is -2.36. The number of carboxylic acids is 1. The number of nitrogens with two attached hydrogens (primary N) is 1. The van der Waals surface area contributed by atoms with Crippen LogP contribution in [-0.4, -0.2) is 61.0 Å². The van der Waals surface area contributed by atoms with Crippen LogP contribution >= 0.6 is 11.3 Å². The summed E-state index contributed by atoms with van der Waals surface area (Å²) in [5, 5.41) is 9.55. The minimum Gasteiger partial charge on any atom is -0.493 e. The Bertz CT molecular complexity index is 1420. The number of aromatic carboxylic acids is 1. The number of carboxylic acid groups (broad SMARTS) is 1. The van der Waals surface area contributed by atoms with Crippen molar-refractivity contribution < 1.29 is 32.5 Å². The first-order valence-corrected chi connectivity index (χ1v) is 19.9. The number of methoxy groups -OCH3 is 2. The number of benzene rings is 2. The monoisotopic (exact) mass is 749 g/mol. The van der Waals surface area contributed by atoms with E-state index >= 15 is 0 Å². The zero-order chi connectivity index (χ0) is 38.2. The number of aryl methyl sites for hydroxylation is 1. The molecule has 292 valence electrons. The van der Waals surface area contributed by atoms with Gasteiger partial charge in [0.2, 0.25) is 0 Å². The molecule has 0 aliphatic carbocycles. The lowest BCUT2D eigenvalue weighted by atomic mass is 10.0. The van der Waals surface area contributed by atoms with Gasteiger partial charge in [-0.1, -0.05) is 139 Å². The van der Waals surface area contributed by atoms with Gasteiger partial charge in [0, 0.05) is 6.54 Å². The molecule has 0 amide bonds. The summed E-state index contributed by atoms with van der Waals surface area (Å²) < 4.78 is 49.2. The Morgan fingerprint density at radius 1 is 0.769 bits per heavy atom. The van der Waals surface area contributed by atoms with Gasteiger partial charge in [-0.3, -0.25) is 4.90 Å². The number of ether oxygens (including phenoxy) is 2. The van der Waals surface area contributed by atoms with Gasteiger partial charge < -0.3 is 20.3 Å². The fourth-order valence-corrected chi connectivity index (χ4v) is 6.97. The van der Waals surface area contributed by atoms with Gasteiger partial charge in [-0.15, -0.1) is 0 Å². The Labute approximate surface area is 314 Å². The van der Waals surface area contributed by atoms with Crippen molar-refractivity contribution in [1.82, 2.24) is 9.88 Å². The smallest absolute Gasteiger partial charge is 0.401 e. The molecule has 3 rings (SSSR count). The van der Waals surface area contributed by atoms with Gasteiger partial charge in [0.1, 0.15) is 0 Å². The SMILES string of the molecule is CCCCCCCCCCN(CCc1ccc(OC)c(OC)c1)CC(F)(F)F.CCCCCCCCCc1cccc(-c2sc(N)nc2C(=O)O)c1. The number of carbonyl (C=O) groups is 1. The highest BCUT2D eigenvalue weighted by atomic mass is 32.1. The second-order valence-electron chi connectivity index (χ2n) is 13.4. The van der Waals surface area contributed by atoms with Crippen molar-refractivity contribution in [3.8, 4) is 21.9 Å². The van der Waals surface area contributed by atoms with Crippen LogP contribution in [0.1, 0.15) is 132 Å². The molecule has 1 aromatic heterocycles. The number of nitrogen functional groups attached to an aromatic ring is 1. The van der Waals surface area contributed by atoms with Crippen molar-refractivity contribution in [2.75, 3.05) is 39.6 Å². The number of rotatable bonds is 25. The van der Waals surface area contributed by atoms with Gasteiger partial charge in [-0.2, -0.15) is 13.2 Å². The average Bonchev–Trinajstić information content (AvgIpc) is 3.53. The van der Waals surface area contributed by atoms with Crippen molar-refractivity contribution in [2.45, 2.75) is 129 Å². The normalized spacial score (nSPS) is 11.4. The highest BCUT2D eigenvalue weighted by Crippen LogP contribution is 2.33. The summed E-state index contributed by atoms with van der Waals surface area (Å²) in [5.41, 5.74) is 8.81. The summed E-state index contributed by atoms with van der Waals surface area (Å²) in [6, 6.07) is 13.6. The van der Waals surface area contributed by atoms with Crippen molar-refractivity contribution in [2.24, 2.45) is 0 Å². The molecule has 0 aliphatic rings. The van der Waals surface area contributed by atoms with Gasteiger partial charge >= 0.3 is 12.1 Å². The summed E-state index contributed by atoms with van der Waals surface area (Å²) in [6.07, 6.45) is 15.5. The molecule has 0 unspecified atom stereocenters. The van der Waals surface area contributed by atoms with Gasteiger partial charge in [0.05, 0.1) is 25.6 Å². The number of thiazole rings is 1. The van der Waals surface area contributed by atoms with E-state index in [0.717, 1.165) is 36.8 Å². The second kappa shape index (κ2) is 25.6. The van der Waals surface area contributed by atoms with Crippen molar-refractivity contribution in [3.05, 3.63) is 59.3 Å². The Morgan fingerprint density at radius 3 is 1.92 bits per heavy atom. The third-order valence-corrected chi connectivity index (χ3v) is 9.93. The van der Waals surface area contributed by atoms with Crippen LogP contribution in [0.4, 0.5) is 18.3 Å². The molecule has 3 aromatic rings. The predicted octanol–water partition coefficient (Wildman–Crippen LogP) is 11.6. The molecule has 0 fully saturated rings. The van der Waals surface area contributed by atoms with E-state index in [2.05, 4.69) is 31.0 Å². The van der Waals surface area contributed by atoms with E-state index in [9.17, 15) is 23.1 Å². The van der Waals surface area contributed by atoms with Crippen LogP contribution < -0.4 is 15.2 Å². The molecular weight excluding hydrogens is 688 g/mol. The number of halogens is 3. The van der Waals surface area contributed by atoms with Crippen LogP contribution in [0.25, 0.3) is 10.4 Å². The van der Waals surface area contributed by atoms with Gasteiger partial charge in [-0.25, -0.2) is 9.78 Å². The molecule has 1 heterocycles. The molecule has 0 saturated carbocycles. The fourth-order valence-electron chi connectivity index (χ4n) is 6.15. The molecule has 7 nitrogen and oxygen atoms in total. The molecular formula is C41H62F3N3O4S. The number of nitrogens with zero attached hydrogens (tertiary/aromatic N) is 2. The summed E-state index contributed by atoms with van der Waals surface area (Å²) in [5.74, 6) is 0.193. The first-order chi connectivity index (χ1) is 25.0. The highest BCUT2D eigenvalue weighted by molar-refractivity contribution is 7.19. The van der Waals surface area contributed by atoms with Crippen LogP contribution in [0.15, 0.2) is 42.5 Å². The van der Waals surface area contributed by atoms with E-state index in [1.807, 2.05) is 24.3 Å². The van der Waals surface area contributed by atoms with E-state index in [1.165, 1.54) is 98.9 Å². The van der Waals surface area contributed by atoms with Gasteiger partial charge in [0.25, 0.3) is 0 Å². The average molecular weight is 750 g/mol. The maximum absolute atomic E-state index is 12.9. The standard InChI is InChI=1S/C22H36F3NO2.C19H26N2O2S/c1-4-5-6-7-8-9-10-11-15-26(18-22(23,24)25)16-14-19-12-13-20(27-2)21(17-19)28-3;1-2-3-4-5-6-7-8-10-14-11-9-12-15(13-14)17-16(18(22)23)21-19(20)24-17/h12-13,17H,4-11,14-16,18H2,1-3H3;9,11-13H,2-8,10H2,1H3,(H2,20,21)(H,22,23). The Balaban J connectivity index is 0.000000364. The largest absolute Gasteiger partial charge is 0.493 e. The van der Waals surface area contributed by atoms with E-state index in [0.29, 0.717) is 41.0 Å². The minimum absolute atomic E-state index is 0.0468. The summed E-state index contributed by atoms with van der Waals surface area (Å²) in [7, 11) is 3.12. The molecule has 0 aliphatic heterocycles. The summed E-state index contributed by atoms with van der Waals surface area (Å²) >= 11 is 1.23. The van der Waals surface area contributed by atoms with Crippen molar-refractivity contribution in [1.29, 1.82) is 0 Å². The topological polar surface area (TPSA) is 97.9 Å². The van der Waals surface area contributed by atoms with Crippen LogP contribution in [0, 0.1) is 0 Å². The maximum Gasteiger partial charge on any atom is 0.401 e. The second-order valence-corrected chi connectivity index (χ2v) is 14.4. The molecule has 0 atom stereocenters. The quantitative estimate of drug-likeness (QED) is 0.0832. The molecule has 52 heavy (non-hydrogen) atoms. The van der Waals surface area contributed by atoms with E-state index < -0.39 is 18.7 Å². The fraction of sp³-hybridized carbons (Fsp3) is 0.610. The number of aromatic nitrogens is 1. The van der Waals surface area contributed by atoms with E-state index in [-0.39, 0.29) is 5.69 Å². The number of alkyl halides is 3. The number of hydrogen-bond acceptors (Lipinski definition) is 7. The number of unbranched alkanes of at least 4 members (excludes halogenated alkanes) is 13. The molecule has 2 aromatic carbocycles. The predicted molar refractivity (Wildman–Crippen MR) is 209 cm³/mol. The summed E-state index contributed by atoms with van der Waals surface area (Å²) in [4.78, 5) is 17.4.